The average Bonchev–Trinajstić information content (AvgIpc) is 2.79. The van der Waals surface area contributed by atoms with Crippen LogP contribution in [0.4, 0.5) is 22.0 Å². The van der Waals surface area contributed by atoms with Crippen LogP contribution in [-0.4, -0.2) is 6.10 Å². The zero-order valence-corrected chi connectivity index (χ0v) is 11.5. The first-order valence-corrected chi connectivity index (χ1v) is 6.62. The fourth-order valence-electron chi connectivity index (χ4n) is 2.60. The van der Waals surface area contributed by atoms with E-state index in [2.05, 4.69) is 0 Å². The van der Waals surface area contributed by atoms with Gasteiger partial charge in [0.15, 0.2) is 0 Å². The van der Waals surface area contributed by atoms with E-state index in [0.717, 1.165) is 30.3 Å². The number of benzene rings is 2. The third-order valence-electron chi connectivity index (χ3n) is 3.54. The van der Waals surface area contributed by atoms with E-state index in [0.29, 0.717) is 12.0 Å². The van der Waals surface area contributed by atoms with Crippen LogP contribution in [0.5, 0.6) is 5.75 Å². The van der Waals surface area contributed by atoms with Crippen molar-refractivity contribution >= 4 is 0 Å². The molecule has 22 heavy (non-hydrogen) atoms. The van der Waals surface area contributed by atoms with Crippen molar-refractivity contribution < 1.29 is 26.7 Å². The second kappa shape index (κ2) is 4.97. The van der Waals surface area contributed by atoms with E-state index >= 15 is 0 Å². The lowest BCUT2D eigenvalue weighted by Crippen LogP contribution is -2.06. The normalized spacial score (nSPS) is 17.3. The Morgan fingerprint density at radius 1 is 1.05 bits per heavy atom. The molecule has 0 saturated carbocycles. The molecule has 1 aliphatic rings. The smallest absolute Gasteiger partial charge is 0.416 e. The highest BCUT2D eigenvalue weighted by Crippen LogP contribution is 2.44. The van der Waals surface area contributed by atoms with Gasteiger partial charge < -0.3 is 4.74 Å². The van der Waals surface area contributed by atoms with Gasteiger partial charge in [0.2, 0.25) is 0 Å². The quantitative estimate of drug-likeness (QED) is 0.675. The maximum atomic E-state index is 13.9. The van der Waals surface area contributed by atoms with Gasteiger partial charge in [0.25, 0.3) is 0 Å². The zero-order valence-electron chi connectivity index (χ0n) is 11.5. The molecule has 1 nitrogen and oxygen atoms in total. The Kier molecular flexibility index (Phi) is 3.34. The van der Waals surface area contributed by atoms with Crippen LogP contribution in [0.25, 0.3) is 11.1 Å². The van der Waals surface area contributed by atoms with Crippen LogP contribution in [0.1, 0.15) is 18.1 Å². The highest BCUT2D eigenvalue weighted by atomic mass is 19.4. The Morgan fingerprint density at radius 3 is 2.45 bits per heavy atom. The van der Waals surface area contributed by atoms with Crippen LogP contribution in [0.15, 0.2) is 30.3 Å². The summed E-state index contributed by atoms with van der Waals surface area (Å²) in [6.07, 6.45) is -4.59. The molecular formula is C16H11F5O. The predicted molar refractivity (Wildman–Crippen MR) is 70.6 cm³/mol. The highest BCUT2D eigenvalue weighted by Gasteiger charge is 2.35. The molecule has 6 heteroatoms. The Balaban J connectivity index is 2.26. The summed E-state index contributed by atoms with van der Waals surface area (Å²) in [4.78, 5) is 0. The molecule has 3 rings (SSSR count). The topological polar surface area (TPSA) is 9.23 Å². The van der Waals surface area contributed by atoms with Crippen molar-refractivity contribution in [2.45, 2.75) is 25.6 Å². The summed E-state index contributed by atoms with van der Waals surface area (Å²) in [6, 6.07) is 4.47. The molecule has 1 heterocycles. The van der Waals surface area contributed by atoms with Gasteiger partial charge in [0, 0.05) is 17.5 Å². The third-order valence-corrected chi connectivity index (χ3v) is 3.54. The Morgan fingerprint density at radius 2 is 1.77 bits per heavy atom. The number of ether oxygens (including phenoxy) is 1. The van der Waals surface area contributed by atoms with Gasteiger partial charge in [-0.25, -0.2) is 8.78 Å². The van der Waals surface area contributed by atoms with Crippen molar-refractivity contribution in [3.05, 3.63) is 53.1 Å². The fourth-order valence-corrected chi connectivity index (χ4v) is 2.60. The average molecular weight is 314 g/mol. The summed E-state index contributed by atoms with van der Waals surface area (Å²) in [5.41, 5.74) is -0.869. The molecule has 0 radical (unpaired) electrons. The second-order valence-electron chi connectivity index (χ2n) is 5.27. The first kappa shape index (κ1) is 14.8. The van der Waals surface area contributed by atoms with E-state index in [-0.39, 0.29) is 23.0 Å². The maximum absolute atomic E-state index is 13.9. The second-order valence-corrected chi connectivity index (χ2v) is 5.27. The van der Waals surface area contributed by atoms with Gasteiger partial charge >= 0.3 is 6.18 Å². The van der Waals surface area contributed by atoms with E-state index in [1.165, 1.54) is 0 Å². The van der Waals surface area contributed by atoms with Gasteiger partial charge in [0.05, 0.1) is 5.56 Å². The lowest BCUT2D eigenvalue weighted by atomic mass is 9.96. The molecule has 0 fully saturated rings. The van der Waals surface area contributed by atoms with Gasteiger partial charge in [-0.2, -0.15) is 13.2 Å². The van der Waals surface area contributed by atoms with Crippen molar-refractivity contribution in [3.8, 4) is 16.9 Å². The van der Waals surface area contributed by atoms with Crippen LogP contribution < -0.4 is 4.74 Å². The largest absolute Gasteiger partial charge is 0.489 e. The Hall–Kier alpha value is -2.11. The molecule has 2 aromatic rings. The van der Waals surface area contributed by atoms with Crippen molar-refractivity contribution in [2.75, 3.05) is 0 Å². The third kappa shape index (κ3) is 2.53. The van der Waals surface area contributed by atoms with E-state index < -0.39 is 23.4 Å². The molecule has 0 aromatic heterocycles. The van der Waals surface area contributed by atoms with Crippen molar-refractivity contribution in [1.82, 2.24) is 0 Å². The molecule has 0 spiro atoms. The summed E-state index contributed by atoms with van der Waals surface area (Å²) in [6.45, 7) is 1.71. The van der Waals surface area contributed by atoms with E-state index in [1.807, 2.05) is 0 Å². The molecule has 2 aromatic carbocycles. The van der Waals surface area contributed by atoms with Crippen molar-refractivity contribution in [2.24, 2.45) is 0 Å². The molecule has 1 aliphatic heterocycles. The molecule has 0 amide bonds. The van der Waals surface area contributed by atoms with Crippen LogP contribution in [-0.2, 0) is 12.6 Å². The summed E-state index contributed by atoms with van der Waals surface area (Å²) in [7, 11) is 0. The van der Waals surface area contributed by atoms with Gasteiger partial charge in [-0.3, -0.25) is 0 Å². The van der Waals surface area contributed by atoms with Crippen molar-refractivity contribution in [1.29, 1.82) is 0 Å². The van der Waals surface area contributed by atoms with Crippen LogP contribution in [0.3, 0.4) is 0 Å². The van der Waals surface area contributed by atoms with Crippen molar-refractivity contribution in [3.63, 3.8) is 0 Å². The monoisotopic (exact) mass is 314 g/mol. The van der Waals surface area contributed by atoms with Gasteiger partial charge in [0.1, 0.15) is 23.5 Å². The number of hydrogen-bond acceptors (Lipinski definition) is 1. The number of hydrogen-bond donors (Lipinski definition) is 0. The van der Waals surface area contributed by atoms with E-state index in [4.69, 9.17) is 4.74 Å². The SMILES string of the molecule is CC1Cc2cc(C(F)(F)F)cc(-c3cc(F)ccc3F)c2O1. The minimum Gasteiger partial charge on any atom is -0.489 e. The van der Waals surface area contributed by atoms with Gasteiger partial charge in [-0.1, -0.05) is 0 Å². The standard InChI is InChI=1S/C16H11F5O/c1-8-4-9-5-10(16(19,20)21)6-13(15(9)22-8)12-7-11(17)2-3-14(12)18/h2-3,5-8H,4H2,1H3. The molecule has 0 bridgehead atoms. The summed E-state index contributed by atoms with van der Waals surface area (Å²) < 4.78 is 71.9. The molecule has 116 valence electrons. The fraction of sp³-hybridized carbons (Fsp3) is 0.250. The lowest BCUT2D eigenvalue weighted by molar-refractivity contribution is -0.137. The molecular weight excluding hydrogens is 303 g/mol. The zero-order chi connectivity index (χ0) is 16.1. The minimum atomic E-state index is -4.57. The first-order valence-electron chi connectivity index (χ1n) is 6.62. The number of rotatable bonds is 1. The lowest BCUT2D eigenvalue weighted by Gasteiger charge is -2.14. The Labute approximate surface area is 123 Å². The molecule has 0 aliphatic carbocycles. The van der Waals surface area contributed by atoms with Crippen LogP contribution in [0.2, 0.25) is 0 Å². The van der Waals surface area contributed by atoms with Crippen LogP contribution in [0, 0.1) is 11.6 Å². The number of alkyl halides is 3. The molecule has 0 saturated heterocycles. The van der Waals surface area contributed by atoms with E-state index in [1.54, 1.807) is 6.92 Å². The molecule has 1 atom stereocenters. The summed E-state index contributed by atoms with van der Waals surface area (Å²) in [5, 5.41) is 0. The van der Waals surface area contributed by atoms with Crippen LogP contribution >= 0.6 is 0 Å². The molecule has 1 unspecified atom stereocenters. The minimum absolute atomic E-state index is 0.0776. The highest BCUT2D eigenvalue weighted by molar-refractivity contribution is 5.74. The summed E-state index contributed by atoms with van der Waals surface area (Å²) >= 11 is 0. The number of fused-ring (bicyclic) bond motifs is 1. The van der Waals surface area contributed by atoms with E-state index in [9.17, 15) is 22.0 Å². The Bertz CT molecular complexity index is 736. The summed E-state index contributed by atoms with van der Waals surface area (Å²) in [5.74, 6) is -1.34. The molecule has 0 N–H and O–H groups in total. The van der Waals surface area contributed by atoms with Gasteiger partial charge in [-0.15, -0.1) is 0 Å². The predicted octanol–water partition coefficient (Wildman–Crippen LogP) is 4.97. The van der Waals surface area contributed by atoms with Gasteiger partial charge in [-0.05, 0) is 42.8 Å². The maximum Gasteiger partial charge on any atom is 0.416 e. The number of halogens is 5. The first-order chi connectivity index (χ1) is 10.3.